The summed E-state index contributed by atoms with van der Waals surface area (Å²) < 4.78 is 0. The minimum atomic E-state index is 0.560. The van der Waals surface area contributed by atoms with Gasteiger partial charge in [0.25, 0.3) is 0 Å². The van der Waals surface area contributed by atoms with Crippen LogP contribution >= 0.6 is 0 Å². The lowest BCUT2D eigenvalue weighted by Gasteiger charge is -2.29. The Hall–Kier alpha value is -6.34. The first kappa shape index (κ1) is 25.3. The van der Waals surface area contributed by atoms with Crippen LogP contribution in [-0.4, -0.2) is 0 Å². The highest BCUT2D eigenvalue weighted by atomic mass is 15.2. The van der Waals surface area contributed by atoms with Crippen molar-refractivity contribution < 1.29 is 0 Å². The summed E-state index contributed by atoms with van der Waals surface area (Å²) in [6, 6.07) is 46.0. The molecular formula is C34H20N6. The van der Waals surface area contributed by atoms with Crippen LogP contribution < -0.4 is 9.80 Å². The van der Waals surface area contributed by atoms with Crippen LogP contribution in [0.4, 0.5) is 34.1 Å². The molecule has 5 aromatic rings. The molecule has 0 aromatic heterocycles. The highest BCUT2D eigenvalue weighted by molar-refractivity contribution is 5.83. The fourth-order valence-corrected chi connectivity index (χ4v) is 4.41. The fraction of sp³-hybridized carbons (Fsp3) is 0. The van der Waals surface area contributed by atoms with Crippen LogP contribution in [0.15, 0.2) is 121 Å². The van der Waals surface area contributed by atoms with Gasteiger partial charge in [-0.1, -0.05) is 6.07 Å². The molecule has 0 atom stereocenters. The number of nitrogens with zero attached hydrogens (tertiary/aromatic N) is 6. The van der Waals surface area contributed by atoms with Gasteiger partial charge in [0.2, 0.25) is 0 Å². The van der Waals surface area contributed by atoms with Crippen molar-refractivity contribution in [3.8, 4) is 24.3 Å². The Morgan fingerprint density at radius 3 is 0.800 bits per heavy atom. The molecule has 0 aliphatic heterocycles. The van der Waals surface area contributed by atoms with Gasteiger partial charge >= 0.3 is 0 Å². The average Bonchev–Trinajstić information content (AvgIpc) is 3.03. The van der Waals surface area contributed by atoms with E-state index in [1.807, 2.05) is 72.8 Å². The van der Waals surface area contributed by atoms with Crippen LogP contribution in [0.25, 0.3) is 0 Å². The lowest BCUT2D eigenvalue weighted by atomic mass is 10.1. The van der Waals surface area contributed by atoms with Gasteiger partial charge in [0.15, 0.2) is 0 Å². The second kappa shape index (κ2) is 11.4. The average molecular weight is 513 g/mol. The summed E-state index contributed by atoms with van der Waals surface area (Å²) in [6.45, 7) is 0. The standard InChI is InChI=1S/C34H20N6/c35-21-25-4-12-29(13-5-25)39(30-14-6-26(22-36)7-15-30)33-2-1-3-34(20-33)40(31-16-8-27(23-37)9-17-31)32-18-10-28(24-38)11-19-32/h1-20H. The third-order valence-corrected chi connectivity index (χ3v) is 6.36. The van der Waals surface area contributed by atoms with E-state index in [1.54, 1.807) is 48.5 Å². The molecule has 0 N–H and O–H groups in total. The van der Waals surface area contributed by atoms with Crippen molar-refractivity contribution in [3.05, 3.63) is 144 Å². The third-order valence-electron chi connectivity index (χ3n) is 6.36. The maximum atomic E-state index is 9.30. The van der Waals surface area contributed by atoms with Gasteiger partial charge in [-0.05, 0) is 115 Å². The normalized spacial score (nSPS) is 9.90. The van der Waals surface area contributed by atoms with Crippen LogP contribution in [0.1, 0.15) is 22.3 Å². The maximum Gasteiger partial charge on any atom is 0.0991 e. The number of hydrogen-bond acceptors (Lipinski definition) is 6. The van der Waals surface area contributed by atoms with Crippen LogP contribution in [0.3, 0.4) is 0 Å². The Labute approximate surface area is 232 Å². The molecule has 0 saturated heterocycles. The van der Waals surface area contributed by atoms with Crippen molar-refractivity contribution in [2.45, 2.75) is 0 Å². The van der Waals surface area contributed by atoms with E-state index >= 15 is 0 Å². The SMILES string of the molecule is N#Cc1ccc(N(c2ccc(C#N)cc2)c2cccc(N(c3ccc(C#N)cc3)c3ccc(C#N)cc3)c2)cc1. The number of benzene rings is 5. The van der Waals surface area contributed by atoms with Crippen LogP contribution in [0, 0.1) is 45.3 Å². The zero-order valence-corrected chi connectivity index (χ0v) is 21.2. The van der Waals surface area contributed by atoms with Crippen molar-refractivity contribution in [2.24, 2.45) is 0 Å². The molecule has 0 radical (unpaired) electrons. The van der Waals surface area contributed by atoms with E-state index in [-0.39, 0.29) is 0 Å². The summed E-state index contributed by atoms with van der Waals surface area (Å²) in [4.78, 5) is 4.11. The molecule has 5 aromatic carbocycles. The topological polar surface area (TPSA) is 102 Å². The number of anilines is 6. The molecular weight excluding hydrogens is 492 g/mol. The van der Waals surface area contributed by atoms with Crippen LogP contribution in [-0.2, 0) is 0 Å². The van der Waals surface area contributed by atoms with Crippen LogP contribution in [0.2, 0.25) is 0 Å². The Morgan fingerprint density at radius 1 is 0.325 bits per heavy atom. The zero-order valence-electron chi connectivity index (χ0n) is 21.2. The monoisotopic (exact) mass is 512 g/mol. The van der Waals surface area contributed by atoms with Gasteiger partial charge in [0.05, 0.1) is 46.5 Å². The van der Waals surface area contributed by atoms with E-state index < -0.39 is 0 Å². The molecule has 0 bridgehead atoms. The molecule has 0 spiro atoms. The molecule has 5 rings (SSSR count). The van der Waals surface area contributed by atoms with E-state index in [0.717, 1.165) is 34.1 Å². The van der Waals surface area contributed by atoms with Crippen molar-refractivity contribution >= 4 is 34.1 Å². The highest BCUT2D eigenvalue weighted by Gasteiger charge is 2.17. The van der Waals surface area contributed by atoms with Gasteiger partial charge in [0.1, 0.15) is 0 Å². The van der Waals surface area contributed by atoms with E-state index in [1.165, 1.54) is 0 Å². The molecule has 0 amide bonds. The minimum Gasteiger partial charge on any atom is -0.310 e. The maximum absolute atomic E-state index is 9.30. The summed E-state index contributed by atoms with van der Waals surface area (Å²) in [5.74, 6) is 0. The first-order chi connectivity index (χ1) is 19.6. The number of nitriles is 4. The smallest absolute Gasteiger partial charge is 0.0991 e. The van der Waals surface area contributed by atoms with Crippen LogP contribution in [0.5, 0.6) is 0 Å². The van der Waals surface area contributed by atoms with Crippen molar-refractivity contribution in [1.82, 2.24) is 0 Å². The number of rotatable bonds is 6. The van der Waals surface area contributed by atoms with Gasteiger partial charge < -0.3 is 9.80 Å². The van der Waals surface area contributed by atoms with Gasteiger partial charge in [-0.3, -0.25) is 0 Å². The second-order valence-corrected chi connectivity index (χ2v) is 8.83. The highest BCUT2D eigenvalue weighted by Crippen LogP contribution is 2.40. The summed E-state index contributed by atoms with van der Waals surface area (Å²) in [5.41, 5.74) is 7.37. The fourth-order valence-electron chi connectivity index (χ4n) is 4.41. The van der Waals surface area contributed by atoms with Gasteiger partial charge in [-0.2, -0.15) is 21.0 Å². The summed E-state index contributed by atoms with van der Waals surface area (Å²) in [5, 5.41) is 37.2. The Kier molecular flexibility index (Phi) is 7.20. The number of hydrogen-bond donors (Lipinski definition) is 0. The minimum absolute atomic E-state index is 0.560. The van der Waals surface area contributed by atoms with E-state index in [0.29, 0.717) is 22.3 Å². The predicted octanol–water partition coefficient (Wildman–Crippen LogP) is 8.11. The molecule has 6 nitrogen and oxygen atoms in total. The Balaban J connectivity index is 1.66. The largest absolute Gasteiger partial charge is 0.310 e. The van der Waals surface area contributed by atoms with Crippen molar-refractivity contribution in [2.75, 3.05) is 9.80 Å². The molecule has 6 heteroatoms. The van der Waals surface area contributed by atoms with Crippen molar-refractivity contribution in [3.63, 3.8) is 0 Å². The van der Waals surface area contributed by atoms with E-state index in [2.05, 4.69) is 34.1 Å². The molecule has 186 valence electrons. The van der Waals surface area contributed by atoms with Gasteiger partial charge in [-0.15, -0.1) is 0 Å². The third kappa shape index (κ3) is 5.20. The molecule has 0 aliphatic rings. The zero-order chi connectivity index (χ0) is 27.9. The first-order valence-corrected chi connectivity index (χ1v) is 12.3. The summed E-state index contributed by atoms with van der Waals surface area (Å²) in [7, 11) is 0. The molecule has 0 heterocycles. The molecule has 0 unspecified atom stereocenters. The second-order valence-electron chi connectivity index (χ2n) is 8.83. The molecule has 0 saturated carbocycles. The Bertz CT molecular complexity index is 1560. The molecule has 40 heavy (non-hydrogen) atoms. The Morgan fingerprint density at radius 2 is 0.575 bits per heavy atom. The first-order valence-electron chi connectivity index (χ1n) is 12.3. The lowest BCUT2D eigenvalue weighted by Crippen LogP contribution is -2.13. The lowest BCUT2D eigenvalue weighted by molar-refractivity contribution is 1.24. The van der Waals surface area contributed by atoms with E-state index in [9.17, 15) is 21.0 Å². The van der Waals surface area contributed by atoms with Gasteiger partial charge in [-0.25, -0.2) is 0 Å². The van der Waals surface area contributed by atoms with E-state index in [4.69, 9.17) is 0 Å². The van der Waals surface area contributed by atoms with Gasteiger partial charge in [0, 0.05) is 34.1 Å². The molecule has 0 aliphatic carbocycles. The summed E-state index contributed by atoms with van der Waals surface area (Å²) >= 11 is 0. The predicted molar refractivity (Wildman–Crippen MR) is 155 cm³/mol. The molecule has 0 fully saturated rings. The quantitative estimate of drug-likeness (QED) is 0.228. The summed E-state index contributed by atoms with van der Waals surface area (Å²) in [6.07, 6.45) is 0. The van der Waals surface area contributed by atoms with Crippen molar-refractivity contribution in [1.29, 1.82) is 21.0 Å².